The number of ether oxygens (including phenoxy) is 1. The van der Waals surface area contributed by atoms with Gasteiger partial charge in [0, 0.05) is 18.6 Å². The Bertz CT molecular complexity index is 1500. The molecule has 1 unspecified atom stereocenters. The first-order valence-corrected chi connectivity index (χ1v) is 15.2. The molecule has 0 aromatic heterocycles. The number of nitrogens with one attached hydrogen (secondary N) is 1. The Labute approximate surface area is 278 Å². The third-order valence-corrected chi connectivity index (χ3v) is 7.91. The molecule has 1 N–H and O–H groups in total. The number of hydrogen-bond donors (Lipinski definition) is 1. The summed E-state index contributed by atoms with van der Waals surface area (Å²) in [6.07, 6.45) is -15.0. The van der Waals surface area contributed by atoms with E-state index in [0.29, 0.717) is 10.5 Å². The number of carbonyl (C=O) groups excluding carboxylic acids is 1. The average Bonchev–Trinajstić information content (AvgIpc) is 2.90. The fourth-order valence-electron chi connectivity index (χ4n) is 4.50. The molecule has 298 valence electrons. The second-order valence-electron chi connectivity index (χ2n) is 11.7. The number of aryl methyl sites for hydroxylation is 3. The molecule has 51 heavy (non-hydrogen) atoms. The minimum absolute atomic E-state index is 0.0679. The van der Waals surface area contributed by atoms with Crippen molar-refractivity contribution in [3.05, 3.63) is 28.8 Å². The van der Waals surface area contributed by atoms with E-state index in [9.17, 15) is 79.1 Å². The van der Waals surface area contributed by atoms with Crippen LogP contribution in [0.5, 0.6) is 5.75 Å². The molecule has 1 rings (SSSR count). The summed E-state index contributed by atoms with van der Waals surface area (Å²) in [5.41, 5.74) is 0.683. The second kappa shape index (κ2) is 14.1. The van der Waals surface area contributed by atoms with Crippen LogP contribution >= 0.6 is 0 Å². The molecule has 1 aromatic carbocycles. The molecule has 0 aliphatic carbocycles. The van der Waals surface area contributed by atoms with Gasteiger partial charge in [-0.3, -0.25) is 4.90 Å². The maximum atomic E-state index is 15.3. The minimum atomic E-state index is -8.87. The van der Waals surface area contributed by atoms with Crippen LogP contribution in [0.4, 0.5) is 79.4 Å². The number of amides is 1. The molecule has 1 amide bonds. The van der Waals surface area contributed by atoms with E-state index >= 15 is 8.78 Å². The zero-order chi connectivity index (χ0) is 40.9. The lowest BCUT2D eigenvalue weighted by molar-refractivity contribution is -0.464. The van der Waals surface area contributed by atoms with Crippen molar-refractivity contribution in [3.63, 3.8) is 0 Å². The normalized spacial score (nSPS) is 15.4. The maximum Gasteiger partial charge on any atom is 0.460 e. The van der Waals surface area contributed by atoms with Gasteiger partial charge < -0.3 is 8.92 Å². The Balaban J connectivity index is 3.79. The molecule has 0 saturated carbocycles. The first-order chi connectivity index (χ1) is 22.3. The number of benzene rings is 1. The Morgan fingerprint density at radius 3 is 1.37 bits per heavy atom. The lowest BCUT2D eigenvalue weighted by atomic mass is 9.87. The van der Waals surface area contributed by atoms with E-state index in [4.69, 9.17) is 0 Å². The Kier molecular flexibility index (Phi) is 12.7. The fourth-order valence-corrected chi connectivity index (χ4v) is 5.27. The Hall–Kier alpha value is -2.99. The van der Waals surface area contributed by atoms with Crippen LogP contribution in [0, 0.1) is 20.8 Å². The minimum Gasteiger partial charge on any atom is -0.437 e. The van der Waals surface area contributed by atoms with E-state index in [1.807, 2.05) is 0 Å². The van der Waals surface area contributed by atoms with Gasteiger partial charge in [0.2, 0.25) is 0 Å². The van der Waals surface area contributed by atoms with Crippen LogP contribution in [0.3, 0.4) is 0 Å². The van der Waals surface area contributed by atoms with E-state index in [0.717, 1.165) is 32.4 Å². The molecule has 0 bridgehead atoms. The number of nitrogens with zero attached hydrogens (tertiary/aromatic N) is 1. The Morgan fingerprint density at radius 2 is 1.02 bits per heavy atom. The van der Waals surface area contributed by atoms with Gasteiger partial charge in [0.05, 0.1) is 0 Å². The summed E-state index contributed by atoms with van der Waals surface area (Å²) in [7, 11) is -5.58. The lowest BCUT2D eigenvalue weighted by Crippen LogP contribution is -2.75. The second-order valence-corrected chi connectivity index (χ2v) is 13.0. The van der Waals surface area contributed by atoms with Crippen molar-refractivity contribution in [2.24, 2.45) is 0 Å². The Morgan fingerprint density at radius 1 is 0.667 bits per heavy atom. The number of hydrogen-bond acceptors (Lipinski definition) is 6. The molecule has 1 atom stereocenters. The molecule has 0 radical (unpaired) electrons. The molecule has 25 heteroatoms. The van der Waals surface area contributed by atoms with Crippen LogP contribution in [0.2, 0.25) is 0 Å². The molecular formula is C26H29F17N2O5S. The monoisotopic (exact) mass is 804 g/mol. The van der Waals surface area contributed by atoms with Gasteiger partial charge in [-0.25, -0.2) is 4.79 Å². The molecule has 0 fully saturated rings. The third kappa shape index (κ3) is 8.16. The van der Waals surface area contributed by atoms with E-state index in [2.05, 4.69) is 8.92 Å². The van der Waals surface area contributed by atoms with Gasteiger partial charge >= 0.3 is 64.0 Å². The van der Waals surface area contributed by atoms with Crippen LogP contribution in [0.25, 0.3) is 0 Å². The molecule has 0 aliphatic rings. The van der Waals surface area contributed by atoms with Gasteiger partial charge in [-0.2, -0.15) is 87.8 Å². The van der Waals surface area contributed by atoms with E-state index in [1.54, 1.807) is 6.92 Å². The molecule has 7 nitrogen and oxygen atoms in total. The van der Waals surface area contributed by atoms with Crippen molar-refractivity contribution in [1.82, 2.24) is 9.62 Å². The first-order valence-electron chi connectivity index (χ1n) is 13.8. The van der Waals surface area contributed by atoms with Gasteiger partial charge in [0.25, 0.3) is 0 Å². The zero-order valence-corrected chi connectivity index (χ0v) is 27.7. The van der Waals surface area contributed by atoms with Crippen molar-refractivity contribution in [2.75, 3.05) is 6.54 Å². The lowest BCUT2D eigenvalue weighted by Gasteiger charge is -2.44. The van der Waals surface area contributed by atoms with E-state index in [1.165, 1.54) is 26.0 Å². The number of alkyl halides is 17. The predicted octanol–water partition coefficient (Wildman–Crippen LogP) is 8.46. The summed E-state index contributed by atoms with van der Waals surface area (Å²) in [6.45, 7) is 6.46. The van der Waals surface area contributed by atoms with Crippen molar-refractivity contribution in [2.45, 2.75) is 114 Å². The zero-order valence-electron chi connectivity index (χ0n) is 26.9. The smallest absolute Gasteiger partial charge is 0.437 e. The predicted molar refractivity (Wildman–Crippen MR) is 141 cm³/mol. The highest BCUT2D eigenvalue weighted by Crippen LogP contribution is 2.64. The molecule has 0 heterocycles. The number of carbonyl (C=O) groups is 1. The standard InChI is InChI=1S/C26H29F17N2O5S/c1-11(2)45(12(3)4)10-16(49-18(46)44-51(47,48)50-17-14(6)8-13(5)9-15(17)7)19(27,28)20(29,30)21(31,32)22(33,34)23(35,36)24(37,38)25(39,40)26(41,42)43/h8-9,11-12,16H,10H2,1-7H3,(H,44,46). The van der Waals surface area contributed by atoms with Gasteiger partial charge in [-0.1, -0.05) is 17.7 Å². The van der Waals surface area contributed by atoms with Crippen LogP contribution in [-0.2, 0) is 15.0 Å². The number of rotatable bonds is 15. The maximum absolute atomic E-state index is 15.3. The summed E-state index contributed by atoms with van der Waals surface area (Å²) >= 11 is 0. The first kappa shape index (κ1) is 46.0. The third-order valence-electron chi connectivity index (χ3n) is 7.11. The van der Waals surface area contributed by atoms with Crippen LogP contribution in [0.1, 0.15) is 44.4 Å². The molecular weight excluding hydrogens is 775 g/mol. The number of halogens is 17. The quantitative estimate of drug-likeness (QED) is 0.179. The van der Waals surface area contributed by atoms with Crippen molar-refractivity contribution < 1.29 is 96.8 Å². The largest absolute Gasteiger partial charge is 0.460 e. The van der Waals surface area contributed by atoms with Crippen molar-refractivity contribution in [1.29, 1.82) is 0 Å². The summed E-state index contributed by atoms with van der Waals surface area (Å²) in [5.74, 6) is -59.3. The van der Waals surface area contributed by atoms with Gasteiger partial charge in [-0.05, 0) is 59.6 Å². The SMILES string of the molecule is Cc1cc(C)c(OS(=O)(=O)NC(=O)OC(CN(C(C)C)C(C)C)C(F)(F)C(F)(F)C(F)(F)C(F)(F)C(F)(F)C(F)(F)C(F)(F)C(F)(F)F)c(C)c1. The van der Waals surface area contributed by atoms with Gasteiger partial charge in [0.1, 0.15) is 5.75 Å². The topological polar surface area (TPSA) is 84.9 Å². The van der Waals surface area contributed by atoms with Crippen LogP contribution in [-0.4, -0.2) is 91.8 Å². The fraction of sp³-hybridized carbons (Fsp3) is 0.731. The molecule has 0 saturated heterocycles. The highest BCUT2D eigenvalue weighted by molar-refractivity contribution is 7.85. The van der Waals surface area contributed by atoms with Gasteiger partial charge in [0.15, 0.2) is 6.10 Å². The van der Waals surface area contributed by atoms with E-state index < -0.39 is 94.5 Å². The van der Waals surface area contributed by atoms with Gasteiger partial charge in [-0.15, -0.1) is 0 Å². The summed E-state index contributed by atoms with van der Waals surface area (Å²) in [4.78, 5) is 13.0. The molecule has 1 aromatic rings. The molecule has 0 spiro atoms. The average molecular weight is 805 g/mol. The van der Waals surface area contributed by atoms with Crippen LogP contribution in [0.15, 0.2) is 12.1 Å². The van der Waals surface area contributed by atoms with Crippen LogP contribution < -0.4 is 8.91 Å². The highest BCUT2D eigenvalue weighted by Gasteiger charge is 2.95. The highest BCUT2D eigenvalue weighted by atomic mass is 32.2. The molecule has 0 aliphatic heterocycles. The summed E-state index contributed by atoms with van der Waals surface area (Å²) in [5, 5.41) is 0. The van der Waals surface area contributed by atoms with Crippen molar-refractivity contribution >= 4 is 16.4 Å². The van der Waals surface area contributed by atoms with Crippen molar-refractivity contribution in [3.8, 4) is 5.75 Å². The summed E-state index contributed by atoms with van der Waals surface area (Å²) in [6, 6.07) is 0.359. The van der Waals surface area contributed by atoms with E-state index in [-0.39, 0.29) is 11.1 Å². The summed E-state index contributed by atoms with van der Waals surface area (Å²) < 4.78 is 271.